The molecule has 0 saturated carbocycles. The number of H-pyrrole nitrogens is 1. The van der Waals surface area contributed by atoms with Gasteiger partial charge in [0, 0.05) is 29.2 Å². The summed E-state index contributed by atoms with van der Waals surface area (Å²) in [5.41, 5.74) is 4.86. The number of aromatic amines is 1. The van der Waals surface area contributed by atoms with Crippen LogP contribution < -0.4 is 5.32 Å². The monoisotopic (exact) mass is 359 g/mol. The molecule has 0 unspecified atom stereocenters. The van der Waals surface area contributed by atoms with Crippen LogP contribution in [-0.2, 0) is 17.8 Å². The van der Waals surface area contributed by atoms with Gasteiger partial charge in [-0.1, -0.05) is 35.9 Å². The van der Waals surface area contributed by atoms with Crippen molar-refractivity contribution in [1.29, 1.82) is 0 Å². The molecule has 0 aliphatic carbocycles. The van der Waals surface area contributed by atoms with Crippen LogP contribution in [-0.4, -0.2) is 15.9 Å². The zero-order chi connectivity index (χ0) is 18.8. The van der Waals surface area contributed by atoms with Crippen LogP contribution in [0, 0.1) is 13.8 Å². The maximum atomic E-state index is 12.4. The van der Waals surface area contributed by atoms with E-state index in [1.54, 1.807) is 0 Å². The Hall–Kier alpha value is -3.34. The third-order valence-electron chi connectivity index (χ3n) is 4.64. The minimum absolute atomic E-state index is 0.0764. The highest BCUT2D eigenvalue weighted by Crippen LogP contribution is 2.23. The molecule has 136 valence electrons. The van der Waals surface area contributed by atoms with E-state index in [-0.39, 0.29) is 12.3 Å². The summed E-state index contributed by atoms with van der Waals surface area (Å²) in [5, 5.41) is 4.09. The predicted octanol–water partition coefficient (Wildman–Crippen LogP) is 4.30. The maximum Gasteiger partial charge on any atom is 0.226 e. The van der Waals surface area contributed by atoms with Gasteiger partial charge in [0.05, 0.1) is 12.1 Å². The molecular formula is C22H21N3O2. The summed E-state index contributed by atoms with van der Waals surface area (Å²) in [6.07, 6.45) is 2.13. The Morgan fingerprint density at radius 3 is 2.85 bits per heavy atom. The lowest BCUT2D eigenvalue weighted by atomic mass is 10.1. The fraction of sp³-hybridized carbons (Fsp3) is 0.182. The number of aryl methyl sites for hydroxylation is 2. The molecule has 0 bridgehead atoms. The summed E-state index contributed by atoms with van der Waals surface area (Å²) in [6, 6.07) is 16.0. The third kappa shape index (κ3) is 3.62. The van der Waals surface area contributed by atoms with Gasteiger partial charge in [0.2, 0.25) is 11.8 Å². The van der Waals surface area contributed by atoms with Crippen LogP contribution in [0.25, 0.3) is 22.4 Å². The summed E-state index contributed by atoms with van der Waals surface area (Å²) in [6.45, 7) is 4.34. The van der Waals surface area contributed by atoms with Gasteiger partial charge < -0.3 is 14.7 Å². The lowest BCUT2D eigenvalue weighted by Gasteiger charge is -2.03. The molecule has 2 aromatic heterocycles. The highest BCUT2D eigenvalue weighted by molar-refractivity contribution is 5.84. The van der Waals surface area contributed by atoms with Crippen LogP contribution in [0.2, 0.25) is 0 Å². The molecule has 4 aromatic rings. The van der Waals surface area contributed by atoms with Crippen molar-refractivity contribution in [2.24, 2.45) is 0 Å². The summed E-state index contributed by atoms with van der Waals surface area (Å²) in [4.78, 5) is 20.1. The van der Waals surface area contributed by atoms with E-state index in [0.717, 1.165) is 27.6 Å². The first-order valence-corrected chi connectivity index (χ1v) is 8.95. The van der Waals surface area contributed by atoms with E-state index in [0.29, 0.717) is 23.9 Å². The van der Waals surface area contributed by atoms with Gasteiger partial charge in [0.1, 0.15) is 5.76 Å². The normalized spacial score (nSPS) is 11.0. The van der Waals surface area contributed by atoms with Crippen LogP contribution in [0.4, 0.5) is 0 Å². The summed E-state index contributed by atoms with van der Waals surface area (Å²) in [5.74, 6) is 1.15. The van der Waals surface area contributed by atoms with Crippen molar-refractivity contribution >= 4 is 16.8 Å². The van der Waals surface area contributed by atoms with E-state index < -0.39 is 0 Å². The molecule has 2 N–H and O–H groups in total. The smallest absolute Gasteiger partial charge is 0.226 e. The number of amides is 1. The molecule has 2 aromatic carbocycles. The molecule has 0 radical (unpaired) electrons. The minimum Gasteiger partial charge on any atom is -0.441 e. The molecule has 0 atom stereocenters. The molecule has 1 amide bonds. The number of para-hydroxylation sites is 1. The predicted molar refractivity (Wildman–Crippen MR) is 105 cm³/mol. The molecule has 27 heavy (non-hydrogen) atoms. The maximum absolute atomic E-state index is 12.4. The summed E-state index contributed by atoms with van der Waals surface area (Å²) < 4.78 is 5.77. The number of carbonyl (C=O) groups is 1. The van der Waals surface area contributed by atoms with Gasteiger partial charge in [0.15, 0.2) is 0 Å². The van der Waals surface area contributed by atoms with E-state index >= 15 is 0 Å². The van der Waals surface area contributed by atoms with Crippen molar-refractivity contribution in [3.63, 3.8) is 0 Å². The molecule has 0 aliphatic rings. The molecule has 2 heterocycles. The SMILES string of the molecule is Cc1cccc(-c2nc(CC(=O)NCc3c[nH]c4ccccc34)c(C)o2)c1. The average Bonchev–Trinajstić information content (AvgIpc) is 3.24. The second-order valence-electron chi connectivity index (χ2n) is 6.70. The minimum atomic E-state index is -0.0764. The Labute approximate surface area is 157 Å². The topological polar surface area (TPSA) is 70.9 Å². The number of benzene rings is 2. The fourth-order valence-corrected chi connectivity index (χ4v) is 3.18. The van der Waals surface area contributed by atoms with Crippen molar-refractivity contribution in [3.8, 4) is 11.5 Å². The van der Waals surface area contributed by atoms with Crippen LogP contribution in [0.5, 0.6) is 0 Å². The number of rotatable bonds is 5. The van der Waals surface area contributed by atoms with Crippen LogP contribution >= 0.6 is 0 Å². The lowest BCUT2D eigenvalue weighted by molar-refractivity contribution is -0.120. The van der Waals surface area contributed by atoms with Crippen LogP contribution in [0.3, 0.4) is 0 Å². The Morgan fingerprint density at radius 1 is 1.15 bits per heavy atom. The summed E-state index contributed by atoms with van der Waals surface area (Å²) >= 11 is 0. The molecule has 5 heteroatoms. The largest absolute Gasteiger partial charge is 0.441 e. The average molecular weight is 359 g/mol. The quantitative estimate of drug-likeness (QED) is 0.558. The first-order chi connectivity index (χ1) is 13.1. The van der Waals surface area contributed by atoms with Gasteiger partial charge in [0.25, 0.3) is 0 Å². The Bertz CT molecular complexity index is 1110. The highest BCUT2D eigenvalue weighted by Gasteiger charge is 2.15. The van der Waals surface area contributed by atoms with Gasteiger partial charge in [-0.05, 0) is 37.6 Å². The van der Waals surface area contributed by atoms with Crippen molar-refractivity contribution in [1.82, 2.24) is 15.3 Å². The van der Waals surface area contributed by atoms with Gasteiger partial charge in [-0.2, -0.15) is 0 Å². The van der Waals surface area contributed by atoms with Crippen molar-refractivity contribution in [3.05, 3.63) is 77.3 Å². The molecule has 0 saturated heterocycles. The van der Waals surface area contributed by atoms with E-state index in [9.17, 15) is 4.79 Å². The number of hydrogen-bond acceptors (Lipinski definition) is 3. The summed E-state index contributed by atoms with van der Waals surface area (Å²) in [7, 11) is 0. The molecule has 5 nitrogen and oxygen atoms in total. The van der Waals surface area contributed by atoms with Crippen LogP contribution in [0.1, 0.15) is 22.6 Å². The van der Waals surface area contributed by atoms with E-state index in [2.05, 4.69) is 15.3 Å². The molecular weight excluding hydrogens is 338 g/mol. The van der Waals surface area contributed by atoms with Crippen molar-refractivity contribution in [2.75, 3.05) is 0 Å². The highest BCUT2D eigenvalue weighted by atomic mass is 16.4. The van der Waals surface area contributed by atoms with Crippen molar-refractivity contribution in [2.45, 2.75) is 26.8 Å². The number of fused-ring (bicyclic) bond motifs is 1. The van der Waals surface area contributed by atoms with E-state index in [1.807, 2.05) is 68.6 Å². The first kappa shape index (κ1) is 17.1. The molecule has 4 rings (SSSR count). The lowest BCUT2D eigenvalue weighted by Crippen LogP contribution is -2.24. The van der Waals surface area contributed by atoms with Gasteiger partial charge >= 0.3 is 0 Å². The number of hydrogen-bond donors (Lipinski definition) is 2. The number of nitrogens with one attached hydrogen (secondary N) is 2. The molecule has 0 spiro atoms. The Morgan fingerprint density at radius 2 is 2.00 bits per heavy atom. The second kappa shape index (κ2) is 7.11. The Balaban J connectivity index is 1.44. The van der Waals surface area contributed by atoms with E-state index in [4.69, 9.17) is 4.42 Å². The number of carbonyl (C=O) groups excluding carboxylic acids is 1. The third-order valence-corrected chi connectivity index (χ3v) is 4.64. The van der Waals surface area contributed by atoms with Crippen molar-refractivity contribution < 1.29 is 9.21 Å². The van der Waals surface area contributed by atoms with Gasteiger partial charge in [-0.3, -0.25) is 4.79 Å². The number of nitrogens with zero attached hydrogens (tertiary/aromatic N) is 1. The first-order valence-electron chi connectivity index (χ1n) is 8.95. The standard InChI is InChI=1S/C22H21N3O2/c1-14-6-5-7-16(10-14)22-25-20(15(2)27-22)11-21(26)24-13-17-12-23-19-9-4-3-8-18(17)19/h3-10,12,23H,11,13H2,1-2H3,(H,24,26). The fourth-order valence-electron chi connectivity index (χ4n) is 3.18. The Kier molecular flexibility index (Phi) is 4.50. The zero-order valence-electron chi connectivity index (χ0n) is 15.4. The van der Waals surface area contributed by atoms with Gasteiger partial charge in [-0.25, -0.2) is 4.98 Å². The van der Waals surface area contributed by atoms with E-state index in [1.165, 1.54) is 0 Å². The van der Waals surface area contributed by atoms with Crippen LogP contribution in [0.15, 0.2) is 59.1 Å². The number of aromatic nitrogens is 2. The molecule has 0 fully saturated rings. The second-order valence-corrected chi connectivity index (χ2v) is 6.70. The number of oxazole rings is 1. The molecule has 0 aliphatic heterocycles. The van der Waals surface area contributed by atoms with Gasteiger partial charge in [-0.15, -0.1) is 0 Å². The zero-order valence-corrected chi connectivity index (χ0v) is 15.4.